The number of H-pyrrole nitrogens is 1. The minimum Gasteiger partial charge on any atom is -0.398 e. The zero-order chi connectivity index (χ0) is 14.9. The van der Waals surface area contributed by atoms with Crippen LogP contribution >= 0.6 is 0 Å². The summed E-state index contributed by atoms with van der Waals surface area (Å²) in [6.45, 7) is 5.66. The number of aryl methyl sites for hydroxylation is 3. The number of nitrogens with one attached hydrogen (secondary N) is 2. The molecule has 1 aromatic carbocycles. The van der Waals surface area contributed by atoms with Crippen LogP contribution in [0.4, 0.5) is 11.5 Å². The Balaban J connectivity index is 2.43. The van der Waals surface area contributed by atoms with Crippen LogP contribution in [0, 0.1) is 13.8 Å². The van der Waals surface area contributed by atoms with E-state index in [1.54, 1.807) is 18.3 Å². The molecule has 1 aromatic heterocycles. The van der Waals surface area contributed by atoms with E-state index in [-0.39, 0.29) is 10.6 Å². The van der Waals surface area contributed by atoms with Gasteiger partial charge in [-0.2, -0.15) is 5.10 Å². The van der Waals surface area contributed by atoms with Gasteiger partial charge in [-0.3, -0.25) is 9.82 Å². The van der Waals surface area contributed by atoms with Crippen molar-refractivity contribution >= 4 is 21.5 Å². The number of nitrogens with two attached hydrogens (primary N) is 1. The molecular formula is C13H18N4O2S. The summed E-state index contributed by atoms with van der Waals surface area (Å²) < 4.78 is 27.3. The van der Waals surface area contributed by atoms with Gasteiger partial charge in [0.25, 0.3) is 10.0 Å². The molecule has 4 N–H and O–H groups in total. The van der Waals surface area contributed by atoms with Crippen LogP contribution in [0.2, 0.25) is 0 Å². The van der Waals surface area contributed by atoms with Crippen LogP contribution in [0.3, 0.4) is 0 Å². The van der Waals surface area contributed by atoms with E-state index in [2.05, 4.69) is 14.9 Å². The second kappa shape index (κ2) is 5.16. The number of aromatic nitrogens is 2. The molecule has 2 rings (SSSR count). The first-order chi connectivity index (χ1) is 9.35. The van der Waals surface area contributed by atoms with Gasteiger partial charge in [-0.25, -0.2) is 8.42 Å². The van der Waals surface area contributed by atoms with E-state index in [0.717, 1.165) is 16.7 Å². The number of nitrogen functional groups attached to an aromatic ring is 1. The predicted octanol–water partition coefficient (Wildman–Crippen LogP) is 1.97. The Kier molecular flexibility index (Phi) is 3.71. The molecule has 0 radical (unpaired) electrons. The normalized spacial score (nSPS) is 11.6. The monoisotopic (exact) mass is 294 g/mol. The van der Waals surface area contributed by atoms with E-state index in [0.29, 0.717) is 12.2 Å². The number of hydrogen-bond acceptors (Lipinski definition) is 4. The van der Waals surface area contributed by atoms with Gasteiger partial charge in [0, 0.05) is 5.56 Å². The highest BCUT2D eigenvalue weighted by Crippen LogP contribution is 2.25. The summed E-state index contributed by atoms with van der Waals surface area (Å²) in [7, 11) is -3.73. The van der Waals surface area contributed by atoms with Crippen molar-refractivity contribution in [3.63, 3.8) is 0 Å². The average molecular weight is 294 g/mol. The maximum atomic E-state index is 12.4. The van der Waals surface area contributed by atoms with E-state index >= 15 is 0 Å². The summed E-state index contributed by atoms with van der Waals surface area (Å²) in [5.74, 6) is 0.380. The first-order valence-corrected chi connectivity index (χ1v) is 7.75. The highest BCUT2D eigenvalue weighted by atomic mass is 32.2. The molecule has 0 amide bonds. The van der Waals surface area contributed by atoms with E-state index in [1.807, 2.05) is 20.8 Å². The fourth-order valence-corrected chi connectivity index (χ4v) is 3.16. The minimum atomic E-state index is -3.73. The van der Waals surface area contributed by atoms with Gasteiger partial charge in [0.1, 0.15) is 10.7 Å². The smallest absolute Gasteiger partial charge is 0.265 e. The molecule has 108 valence electrons. The topological polar surface area (TPSA) is 101 Å². The molecule has 0 aliphatic heterocycles. The van der Waals surface area contributed by atoms with Crippen molar-refractivity contribution in [2.24, 2.45) is 0 Å². The Morgan fingerprint density at radius 2 is 1.95 bits per heavy atom. The van der Waals surface area contributed by atoms with Crippen molar-refractivity contribution in [3.8, 4) is 0 Å². The molecule has 0 unspecified atom stereocenters. The van der Waals surface area contributed by atoms with E-state index in [1.165, 1.54) is 0 Å². The van der Waals surface area contributed by atoms with Crippen molar-refractivity contribution in [1.82, 2.24) is 10.2 Å². The van der Waals surface area contributed by atoms with Crippen molar-refractivity contribution in [2.45, 2.75) is 32.1 Å². The third kappa shape index (κ3) is 2.62. The summed E-state index contributed by atoms with van der Waals surface area (Å²) >= 11 is 0. The third-order valence-corrected chi connectivity index (χ3v) is 4.66. The van der Waals surface area contributed by atoms with Crippen LogP contribution in [-0.4, -0.2) is 18.6 Å². The van der Waals surface area contributed by atoms with E-state index in [4.69, 9.17) is 5.73 Å². The molecule has 6 nitrogen and oxygen atoms in total. The summed E-state index contributed by atoms with van der Waals surface area (Å²) in [6, 6.07) is 3.24. The molecule has 0 aliphatic rings. The number of hydrogen-bond donors (Lipinski definition) is 3. The molecule has 0 fully saturated rings. The highest BCUT2D eigenvalue weighted by Gasteiger charge is 2.20. The quantitative estimate of drug-likeness (QED) is 0.750. The van der Waals surface area contributed by atoms with Crippen molar-refractivity contribution < 1.29 is 8.42 Å². The second-order valence-corrected chi connectivity index (χ2v) is 6.35. The van der Waals surface area contributed by atoms with Gasteiger partial charge < -0.3 is 5.73 Å². The van der Waals surface area contributed by atoms with Crippen LogP contribution in [-0.2, 0) is 16.4 Å². The highest BCUT2D eigenvalue weighted by molar-refractivity contribution is 7.92. The molecule has 0 aliphatic carbocycles. The number of nitrogens with zero attached hydrogens (tertiary/aromatic N) is 1. The standard InChI is InChI=1S/C13H18N4O2S/c1-4-10-7-15-16-13(10)17-20(18,19)12-6-9(3)8(2)5-11(12)14/h5-7H,4,14H2,1-3H3,(H2,15,16,17). The van der Waals surface area contributed by atoms with Crippen molar-refractivity contribution in [1.29, 1.82) is 0 Å². The third-order valence-electron chi connectivity index (χ3n) is 3.25. The Labute approximate surface area is 118 Å². The molecule has 2 aromatic rings. The molecule has 1 heterocycles. The minimum absolute atomic E-state index is 0.0808. The van der Waals surface area contributed by atoms with Crippen molar-refractivity contribution in [2.75, 3.05) is 10.5 Å². The number of aromatic amines is 1. The lowest BCUT2D eigenvalue weighted by Crippen LogP contribution is -2.16. The lowest BCUT2D eigenvalue weighted by atomic mass is 10.1. The summed E-state index contributed by atoms with van der Waals surface area (Å²) in [6.07, 6.45) is 2.28. The Hall–Kier alpha value is -2.02. The Bertz CT molecular complexity index is 735. The Morgan fingerprint density at radius 3 is 2.60 bits per heavy atom. The average Bonchev–Trinajstić information content (AvgIpc) is 2.80. The molecular weight excluding hydrogens is 276 g/mol. The molecule has 0 spiro atoms. The summed E-state index contributed by atoms with van der Waals surface area (Å²) in [5, 5.41) is 6.49. The van der Waals surface area contributed by atoms with Gasteiger partial charge in [-0.15, -0.1) is 0 Å². The van der Waals surface area contributed by atoms with E-state index in [9.17, 15) is 8.42 Å². The summed E-state index contributed by atoms with van der Waals surface area (Å²) in [4.78, 5) is 0.0808. The fourth-order valence-electron chi connectivity index (χ4n) is 1.90. The zero-order valence-corrected chi connectivity index (χ0v) is 12.5. The SMILES string of the molecule is CCc1cn[nH]c1NS(=O)(=O)c1cc(C)c(C)cc1N. The van der Waals surface area contributed by atoms with Gasteiger partial charge in [-0.05, 0) is 43.5 Å². The van der Waals surface area contributed by atoms with Crippen LogP contribution in [0.5, 0.6) is 0 Å². The summed E-state index contributed by atoms with van der Waals surface area (Å²) in [5.41, 5.74) is 8.70. The van der Waals surface area contributed by atoms with Crippen LogP contribution in [0.15, 0.2) is 23.2 Å². The number of benzene rings is 1. The van der Waals surface area contributed by atoms with Gasteiger partial charge in [0.2, 0.25) is 0 Å². The first kappa shape index (κ1) is 14.4. The van der Waals surface area contributed by atoms with Gasteiger partial charge in [0.05, 0.1) is 11.9 Å². The van der Waals surface area contributed by atoms with Crippen LogP contribution < -0.4 is 10.5 Å². The fraction of sp³-hybridized carbons (Fsp3) is 0.308. The van der Waals surface area contributed by atoms with Crippen LogP contribution in [0.1, 0.15) is 23.6 Å². The predicted molar refractivity (Wildman–Crippen MR) is 79.1 cm³/mol. The van der Waals surface area contributed by atoms with E-state index < -0.39 is 10.0 Å². The van der Waals surface area contributed by atoms with Gasteiger partial charge >= 0.3 is 0 Å². The molecule has 0 saturated heterocycles. The lowest BCUT2D eigenvalue weighted by Gasteiger charge is -2.12. The maximum absolute atomic E-state index is 12.4. The molecule has 0 saturated carbocycles. The number of anilines is 2. The molecule has 20 heavy (non-hydrogen) atoms. The number of sulfonamides is 1. The molecule has 7 heteroatoms. The lowest BCUT2D eigenvalue weighted by molar-refractivity contribution is 0.601. The van der Waals surface area contributed by atoms with Gasteiger partial charge in [-0.1, -0.05) is 6.92 Å². The van der Waals surface area contributed by atoms with Crippen LogP contribution in [0.25, 0.3) is 0 Å². The maximum Gasteiger partial charge on any atom is 0.265 e. The Morgan fingerprint density at radius 1 is 1.30 bits per heavy atom. The second-order valence-electron chi connectivity index (χ2n) is 4.70. The van der Waals surface area contributed by atoms with Gasteiger partial charge in [0.15, 0.2) is 0 Å². The zero-order valence-electron chi connectivity index (χ0n) is 11.7. The molecule has 0 atom stereocenters. The van der Waals surface area contributed by atoms with Crippen molar-refractivity contribution in [3.05, 3.63) is 35.0 Å². The first-order valence-electron chi connectivity index (χ1n) is 6.27. The molecule has 0 bridgehead atoms. The number of rotatable bonds is 4. The largest absolute Gasteiger partial charge is 0.398 e.